The SMILES string of the molecule is CCCNC1CCC(C(N)=O)CC1. The molecular weight excluding hydrogens is 164 g/mol. The van der Waals surface area contributed by atoms with Crippen molar-refractivity contribution in [3.8, 4) is 0 Å². The van der Waals surface area contributed by atoms with Gasteiger partial charge in [-0.3, -0.25) is 4.79 Å². The summed E-state index contributed by atoms with van der Waals surface area (Å²) in [6.07, 6.45) is 5.32. The van der Waals surface area contributed by atoms with Crippen LogP contribution in [0.2, 0.25) is 0 Å². The topological polar surface area (TPSA) is 55.1 Å². The highest BCUT2D eigenvalue weighted by Crippen LogP contribution is 2.23. The van der Waals surface area contributed by atoms with Crippen molar-refractivity contribution >= 4 is 5.91 Å². The number of hydrogen-bond acceptors (Lipinski definition) is 2. The standard InChI is InChI=1S/C10H20N2O/c1-2-7-12-9-5-3-8(4-6-9)10(11)13/h8-9,12H,2-7H2,1H3,(H2,11,13). The second-order valence-corrected chi connectivity index (χ2v) is 3.91. The molecule has 0 spiro atoms. The third-order valence-electron chi connectivity index (χ3n) is 2.81. The number of nitrogens with two attached hydrogens (primary N) is 1. The van der Waals surface area contributed by atoms with Crippen molar-refractivity contribution < 1.29 is 4.79 Å². The van der Waals surface area contributed by atoms with E-state index in [1.807, 2.05) is 0 Å². The van der Waals surface area contributed by atoms with Crippen LogP contribution in [0.5, 0.6) is 0 Å². The van der Waals surface area contributed by atoms with Crippen LogP contribution in [0.1, 0.15) is 39.0 Å². The van der Waals surface area contributed by atoms with E-state index < -0.39 is 0 Å². The van der Waals surface area contributed by atoms with Gasteiger partial charge in [0.05, 0.1) is 0 Å². The van der Waals surface area contributed by atoms with Gasteiger partial charge in [0.2, 0.25) is 5.91 Å². The lowest BCUT2D eigenvalue weighted by molar-refractivity contribution is -0.122. The summed E-state index contributed by atoms with van der Waals surface area (Å²) in [6.45, 7) is 3.26. The first-order valence-corrected chi connectivity index (χ1v) is 5.26. The fourth-order valence-corrected chi connectivity index (χ4v) is 1.93. The summed E-state index contributed by atoms with van der Waals surface area (Å²) in [5, 5.41) is 3.48. The van der Waals surface area contributed by atoms with Gasteiger partial charge in [-0.15, -0.1) is 0 Å². The van der Waals surface area contributed by atoms with Crippen LogP contribution < -0.4 is 11.1 Å². The summed E-state index contributed by atoms with van der Waals surface area (Å²) in [6, 6.07) is 0.621. The van der Waals surface area contributed by atoms with Crippen LogP contribution in [0.4, 0.5) is 0 Å². The highest BCUT2D eigenvalue weighted by Gasteiger charge is 2.23. The summed E-state index contributed by atoms with van der Waals surface area (Å²) >= 11 is 0. The Morgan fingerprint density at radius 2 is 2.00 bits per heavy atom. The van der Waals surface area contributed by atoms with Crippen LogP contribution in [0.15, 0.2) is 0 Å². The molecular formula is C10H20N2O. The molecule has 0 aromatic heterocycles. The van der Waals surface area contributed by atoms with E-state index in [1.165, 1.54) is 6.42 Å². The Kier molecular flexibility index (Phi) is 4.22. The minimum atomic E-state index is -0.117. The molecule has 1 amide bonds. The maximum absolute atomic E-state index is 10.9. The third kappa shape index (κ3) is 3.35. The molecule has 0 aliphatic heterocycles. The molecule has 1 rings (SSSR count). The van der Waals surface area contributed by atoms with Crippen LogP contribution >= 0.6 is 0 Å². The molecule has 3 nitrogen and oxygen atoms in total. The van der Waals surface area contributed by atoms with E-state index in [9.17, 15) is 4.79 Å². The van der Waals surface area contributed by atoms with Gasteiger partial charge in [-0.2, -0.15) is 0 Å². The molecule has 0 unspecified atom stereocenters. The second kappa shape index (κ2) is 5.22. The third-order valence-corrected chi connectivity index (χ3v) is 2.81. The molecule has 0 aromatic carbocycles. The van der Waals surface area contributed by atoms with Gasteiger partial charge in [0.25, 0.3) is 0 Å². The smallest absolute Gasteiger partial charge is 0.220 e. The van der Waals surface area contributed by atoms with E-state index >= 15 is 0 Å². The molecule has 1 fully saturated rings. The van der Waals surface area contributed by atoms with Crippen LogP contribution in [0, 0.1) is 5.92 Å². The molecule has 1 aliphatic rings. The second-order valence-electron chi connectivity index (χ2n) is 3.91. The Morgan fingerprint density at radius 3 is 2.46 bits per heavy atom. The number of rotatable bonds is 4. The molecule has 1 aliphatic carbocycles. The van der Waals surface area contributed by atoms with E-state index in [0.29, 0.717) is 6.04 Å². The van der Waals surface area contributed by atoms with Crippen LogP contribution in [-0.2, 0) is 4.79 Å². The molecule has 3 N–H and O–H groups in total. The Balaban J connectivity index is 2.18. The molecule has 76 valence electrons. The number of nitrogens with one attached hydrogen (secondary N) is 1. The predicted octanol–water partition coefficient (Wildman–Crippen LogP) is 1.03. The lowest BCUT2D eigenvalue weighted by Gasteiger charge is -2.27. The largest absolute Gasteiger partial charge is 0.369 e. The van der Waals surface area contributed by atoms with Gasteiger partial charge in [0.15, 0.2) is 0 Å². The lowest BCUT2D eigenvalue weighted by Crippen LogP contribution is -2.36. The highest BCUT2D eigenvalue weighted by atomic mass is 16.1. The fourth-order valence-electron chi connectivity index (χ4n) is 1.93. The normalized spacial score (nSPS) is 28.7. The maximum Gasteiger partial charge on any atom is 0.220 e. The maximum atomic E-state index is 10.9. The number of hydrogen-bond donors (Lipinski definition) is 2. The molecule has 13 heavy (non-hydrogen) atoms. The van der Waals surface area contributed by atoms with E-state index in [2.05, 4.69) is 12.2 Å². The summed E-state index contributed by atoms with van der Waals surface area (Å²) in [4.78, 5) is 10.9. The lowest BCUT2D eigenvalue weighted by atomic mass is 9.85. The van der Waals surface area contributed by atoms with Crippen molar-refractivity contribution in [2.24, 2.45) is 11.7 Å². The summed E-state index contributed by atoms with van der Waals surface area (Å²) in [5.41, 5.74) is 5.25. The zero-order valence-corrected chi connectivity index (χ0v) is 8.38. The Morgan fingerprint density at radius 1 is 1.38 bits per heavy atom. The Labute approximate surface area is 80.1 Å². The molecule has 0 saturated heterocycles. The van der Waals surface area contributed by atoms with E-state index in [-0.39, 0.29) is 11.8 Å². The van der Waals surface area contributed by atoms with Crippen molar-refractivity contribution in [3.63, 3.8) is 0 Å². The number of primary amides is 1. The average molecular weight is 184 g/mol. The summed E-state index contributed by atoms with van der Waals surface area (Å²) in [7, 11) is 0. The zero-order chi connectivity index (χ0) is 9.68. The van der Waals surface area contributed by atoms with E-state index in [0.717, 1.165) is 32.2 Å². The number of amides is 1. The Bertz CT molecular complexity index is 162. The van der Waals surface area contributed by atoms with Gasteiger partial charge < -0.3 is 11.1 Å². The highest BCUT2D eigenvalue weighted by molar-refractivity contribution is 5.76. The monoisotopic (exact) mass is 184 g/mol. The zero-order valence-electron chi connectivity index (χ0n) is 8.38. The van der Waals surface area contributed by atoms with Gasteiger partial charge in [0.1, 0.15) is 0 Å². The van der Waals surface area contributed by atoms with Gasteiger partial charge in [0, 0.05) is 12.0 Å². The fraction of sp³-hybridized carbons (Fsp3) is 0.900. The van der Waals surface area contributed by atoms with Crippen LogP contribution in [0.25, 0.3) is 0 Å². The first-order valence-electron chi connectivity index (χ1n) is 5.26. The van der Waals surface area contributed by atoms with Gasteiger partial charge in [-0.1, -0.05) is 6.92 Å². The molecule has 0 aromatic rings. The minimum Gasteiger partial charge on any atom is -0.369 e. The Hall–Kier alpha value is -0.570. The molecule has 3 heteroatoms. The molecule has 0 bridgehead atoms. The molecule has 0 atom stereocenters. The van der Waals surface area contributed by atoms with Gasteiger partial charge in [-0.25, -0.2) is 0 Å². The van der Waals surface area contributed by atoms with Crippen molar-refractivity contribution in [3.05, 3.63) is 0 Å². The molecule has 0 heterocycles. The van der Waals surface area contributed by atoms with Gasteiger partial charge >= 0.3 is 0 Å². The van der Waals surface area contributed by atoms with Crippen molar-refractivity contribution in [2.75, 3.05) is 6.54 Å². The van der Waals surface area contributed by atoms with Crippen molar-refractivity contribution in [1.82, 2.24) is 5.32 Å². The average Bonchev–Trinajstić information content (AvgIpc) is 2.15. The first kappa shape index (κ1) is 10.5. The summed E-state index contributed by atoms with van der Waals surface area (Å²) in [5.74, 6) is 0.0219. The predicted molar refractivity (Wildman–Crippen MR) is 53.2 cm³/mol. The van der Waals surface area contributed by atoms with Crippen LogP contribution in [-0.4, -0.2) is 18.5 Å². The van der Waals surface area contributed by atoms with Crippen molar-refractivity contribution in [2.45, 2.75) is 45.1 Å². The number of carbonyl (C=O) groups is 1. The van der Waals surface area contributed by atoms with Gasteiger partial charge in [-0.05, 0) is 38.6 Å². The summed E-state index contributed by atoms with van der Waals surface area (Å²) < 4.78 is 0. The first-order chi connectivity index (χ1) is 6.24. The minimum absolute atomic E-state index is 0.117. The molecule has 0 radical (unpaired) electrons. The molecule has 1 saturated carbocycles. The number of carbonyl (C=O) groups excluding carboxylic acids is 1. The quantitative estimate of drug-likeness (QED) is 0.685. The van der Waals surface area contributed by atoms with E-state index in [4.69, 9.17) is 5.73 Å². The van der Waals surface area contributed by atoms with Crippen LogP contribution in [0.3, 0.4) is 0 Å². The van der Waals surface area contributed by atoms with E-state index in [1.54, 1.807) is 0 Å². The van der Waals surface area contributed by atoms with Crippen molar-refractivity contribution in [1.29, 1.82) is 0 Å².